The van der Waals surface area contributed by atoms with Crippen LogP contribution in [0, 0.1) is 6.92 Å². The van der Waals surface area contributed by atoms with Crippen molar-refractivity contribution in [1.82, 2.24) is 15.5 Å². The van der Waals surface area contributed by atoms with E-state index < -0.39 is 5.60 Å². The molecule has 3 aromatic rings. The highest BCUT2D eigenvalue weighted by Gasteiger charge is 2.25. The first-order chi connectivity index (χ1) is 11.5. The standard InChI is InChI=1S/C17H17N3O3S/c1-11-19-16(23-20-11)14-6-4-3-5-13(14)15(21)18-10-17(2,22)12-7-8-24-9-12/h3-9,22H,10H2,1-2H3,(H,18,21). The molecule has 0 bridgehead atoms. The summed E-state index contributed by atoms with van der Waals surface area (Å²) in [4.78, 5) is 16.7. The van der Waals surface area contributed by atoms with Crippen LogP contribution in [0.5, 0.6) is 0 Å². The van der Waals surface area contributed by atoms with Crippen molar-refractivity contribution in [3.63, 3.8) is 0 Å². The van der Waals surface area contributed by atoms with Gasteiger partial charge in [0.05, 0.1) is 17.7 Å². The van der Waals surface area contributed by atoms with E-state index in [1.54, 1.807) is 38.1 Å². The van der Waals surface area contributed by atoms with E-state index in [1.807, 2.05) is 16.8 Å². The number of amides is 1. The normalized spacial score (nSPS) is 13.5. The van der Waals surface area contributed by atoms with Crippen molar-refractivity contribution in [3.8, 4) is 11.5 Å². The van der Waals surface area contributed by atoms with E-state index in [0.717, 1.165) is 5.56 Å². The van der Waals surface area contributed by atoms with Gasteiger partial charge in [0.15, 0.2) is 5.82 Å². The fourth-order valence-corrected chi connectivity index (χ4v) is 3.08. The number of hydrogen-bond acceptors (Lipinski definition) is 6. The maximum Gasteiger partial charge on any atom is 0.258 e. The number of hydrogen-bond donors (Lipinski definition) is 2. The highest BCUT2D eigenvalue weighted by atomic mass is 32.1. The minimum atomic E-state index is -1.13. The second-order valence-electron chi connectivity index (χ2n) is 5.66. The van der Waals surface area contributed by atoms with Gasteiger partial charge < -0.3 is 14.9 Å². The fraction of sp³-hybridized carbons (Fsp3) is 0.235. The molecule has 1 amide bonds. The SMILES string of the molecule is Cc1noc(-c2ccccc2C(=O)NCC(C)(O)c2ccsc2)n1. The van der Waals surface area contributed by atoms with E-state index in [1.165, 1.54) is 11.3 Å². The molecule has 7 heteroatoms. The van der Waals surface area contributed by atoms with Crippen LogP contribution in [0.25, 0.3) is 11.5 Å². The summed E-state index contributed by atoms with van der Waals surface area (Å²) in [6.45, 7) is 3.48. The number of aliphatic hydroxyl groups is 1. The molecule has 0 aliphatic carbocycles. The van der Waals surface area contributed by atoms with Crippen LogP contribution in [0.2, 0.25) is 0 Å². The van der Waals surface area contributed by atoms with Crippen LogP contribution < -0.4 is 5.32 Å². The van der Waals surface area contributed by atoms with Gasteiger partial charge in [0.25, 0.3) is 11.8 Å². The first kappa shape index (κ1) is 16.4. The van der Waals surface area contributed by atoms with Crippen molar-refractivity contribution in [2.24, 2.45) is 0 Å². The van der Waals surface area contributed by atoms with Crippen molar-refractivity contribution >= 4 is 17.2 Å². The van der Waals surface area contributed by atoms with Gasteiger partial charge in [-0.25, -0.2) is 0 Å². The Morgan fingerprint density at radius 3 is 2.83 bits per heavy atom. The molecule has 1 atom stereocenters. The van der Waals surface area contributed by atoms with Gasteiger partial charge in [-0.15, -0.1) is 0 Å². The summed E-state index contributed by atoms with van der Waals surface area (Å²) in [5, 5.41) is 20.8. The number of carbonyl (C=O) groups is 1. The molecular formula is C17H17N3O3S. The van der Waals surface area contributed by atoms with Gasteiger partial charge >= 0.3 is 0 Å². The summed E-state index contributed by atoms with van der Waals surface area (Å²) in [5.41, 5.74) is 0.618. The van der Waals surface area contributed by atoms with Crippen molar-refractivity contribution < 1.29 is 14.4 Å². The molecule has 0 radical (unpaired) electrons. The Bertz CT molecular complexity index is 840. The fourth-order valence-electron chi connectivity index (χ4n) is 2.29. The lowest BCUT2D eigenvalue weighted by molar-refractivity contribution is 0.0530. The molecule has 124 valence electrons. The molecule has 1 aromatic carbocycles. The molecule has 24 heavy (non-hydrogen) atoms. The minimum Gasteiger partial charge on any atom is -0.384 e. The molecule has 0 aliphatic rings. The molecule has 2 N–H and O–H groups in total. The van der Waals surface area contributed by atoms with Gasteiger partial charge in [0.2, 0.25) is 0 Å². The van der Waals surface area contributed by atoms with Crippen molar-refractivity contribution in [1.29, 1.82) is 0 Å². The lowest BCUT2D eigenvalue weighted by Crippen LogP contribution is -2.38. The summed E-state index contributed by atoms with van der Waals surface area (Å²) < 4.78 is 5.16. The van der Waals surface area contributed by atoms with Crippen LogP contribution in [0.4, 0.5) is 0 Å². The van der Waals surface area contributed by atoms with Crippen molar-refractivity contribution in [3.05, 3.63) is 58.0 Å². The van der Waals surface area contributed by atoms with Gasteiger partial charge in [-0.05, 0) is 48.4 Å². The topological polar surface area (TPSA) is 88.2 Å². The van der Waals surface area contributed by atoms with Gasteiger partial charge in [0.1, 0.15) is 5.60 Å². The molecule has 0 spiro atoms. The van der Waals surface area contributed by atoms with Crippen molar-refractivity contribution in [2.45, 2.75) is 19.4 Å². The van der Waals surface area contributed by atoms with Crippen LogP contribution in [0.3, 0.4) is 0 Å². The van der Waals surface area contributed by atoms with Crippen LogP contribution in [-0.2, 0) is 5.60 Å². The highest BCUT2D eigenvalue weighted by Crippen LogP contribution is 2.24. The van der Waals surface area contributed by atoms with E-state index in [0.29, 0.717) is 22.8 Å². The van der Waals surface area contributed by atoms with Crippen molar-refractivity contribution in [2.75, 3.05) is 6.54 Å². The molecule has 6 nitrogen and oxygen atoms in total. The van der Waals surface area contributed by atoms with E-state index in [9.17, 15) is 9.90 Å². The number of rotatable bonds is 5. The molecule has 0 saturated heterocycles. The Kier molecular flexibility index (Phi) is 4.46. The van der Waals surface area contributed by atoms with Crippen LogP contribution in [-0.4, -0.2) is 27.7 Å². The van der Waals surface area contributed by atoms with E-state index >= 15 is 0 Å². The monoisotopic (exact) mass is 343 g/mol. The smallest absolute Gasteiger partial charge is 0.258 e. The summed E-state index contributed by atoms with van der Waals surface area (Å²) >= 11 is 1.50. The van der Waals surface area contributed by atoms with Gasteiger partial charge in [0, 0.05) is 0 Å². The average molecular weight is 343 g/mol. The number of aromatic nitrogens is 2. The average Bonchev–Trinajstić information content (AvgIpc) is 3.24. The summed E-state index contributed by atoms with van der Waals surface area (Å²) in [5.74, 6) is 0.486. The number of nitrogens with one attached hydrogen (secondary N) is 1. The number of aryl methyl sites for hydroxylation is 1. The molecule has 1 unspecified atom stereocenters. The Morgan fingerprint density at radius 2 is 2.17 bits per heavy atom. The van der Waals surface area contributed by atoms with Crippen LogP contribution in [0.1, 0.15) is 28.7 Å². The molecule has 3 rings (SSSR count). The Labute approximate surface area is 143 Å². The Morgan fingerprint density at radius 1 is 1.38 bits per heavy atom. The number of thiophene rings is 1. The quantitative estimate of drug-likeness (QED) is 0.744. The zero-order valence-corrected chi connectivity index (χ0v) is 14.1. The summed E-state index contributed by atoms with van der Waals surface area (Å²) in [6, 6.07) is 8.83. The lowest BCUT2D eigenvalue weighted by atomic mass is 9.99. The first-order valence-corrected chi connectivity index (χ1v) is 8.34. The van der Waals surface area contributed by atoms with Gasteiger partial charge in [-0.2, -0.15) is 16.3 Å². The summed E-state index contributed by atoms with van der Waals surface area (Å²) in [6.07, 6.45) is 0. The van der Waals surface area contributed by atoms with Crippen LogP contribution >= 0.6 is 11.3 Å². The zero-order valence-electron chi connectivity index (χ0n) is 13.3. The van der Waals surface area contributed by atoms with E-state index in [2.05, 4.69) is 15.5 Å². The Hall–Kier alpha value is -2.51. The highest BCUT2D eigenvalue weighted by molar-refractivity contribution is 7.08. The second-order valence-corrected chi connectivity index (χ2v) is 6.44. The maximum atomic E-state index is 12.6. The van der Waals surface area contributed by atoms with Crippen LogP contribution in [0.15, 0.2) is 45.6 Å². The third-order valence-corrected chi connectivity index (χ3v) is 4.35. The third kappa shape index (κ3) is 3.37. The zero-order chi connectivity index (χ0) is 17.2. The molecule has 0 saturated carbocycles. The van der Waals surface area contributed by atoms with E-state index in [-0.39, 0.29) is 12.5 Å². The Balaban J connectivity index is 1.79. The maximum absolute atomic E-state index is 12.6. The van der Waals surface area contributed by atoms with Gasteiger partial charge in [-0.1, -0.05) is 17.3 Å². The second kappa shape index (κ2) is 6.54. The lowest BCUT2D eigenvalue weighted by Gasteiger charge is -2.23. The first-order valence-electron chi connectivity index (χ1n) is 7.40. The number of benzene rings is 1. The number of nitrogens with zero attached hydrogens (tertiary/aromatic N) is 2. The van der Waals surface area contributed by atoms with Gasteiger partial charge in [-0.3, -0.25) is 4.79 Å². The molecular weight excluding hydrogens is 326 g/mol. The minimum absolute atomic E-state index is 0.0970. The molecule has 2 heterocycles. The largest absolute Gasteiger partial charge is 0.384 e. The summed E-state index contributed by atoms with van der Waals surface area (Å²) in [7, 11) is 0. The molecule has 0 aliphatic heterocycles. The predicted molar refractivity (Wildman–Crippen MR) is 90.7 cm³/mol. The van der Waals surface area contributed by atoms with E-state index in [4.69, 9.17) is 4.52 Å². The molecule has 0 fully saturated rings. The third-order valence-electron chi connectivity index (χ3n) is 3.67. The predicted octanol–water partition coefficient (Wildman–Crippen LogP) is 2.74. The number of carbonyl (C=O) groups excluding carboxylic acids is 1. The molecule has 2 aromatic heterocycles.